The molecular weight excluding hydrogens is 526 g/mol. The summed E-state index contributed by atoms with van der Waals surface area (Å²) in [7, 11) is 5.05. The van der Waals surface area contributed by atoms with E-state index in [4.69, 9.17) is 10.5 Å². The molecule has 0 radical (unpaired) electrons. The maximum Gasteiger partial charge on any atom is 0.255 e. The number of allylic oxidation sites excluding steroid dienone is 1. The fourth-order valence-electron chi connectivity index (χ4n) is 6.75. The first-order chi connectivity index (χ1) is 19.6. The molecule has 1 fully saturated rings. The molecule has 6 N–H and O–H groups in total. The maximum absolute atomic E-state index is 13.9. The Morgan fingerprint density at radius 2 is 1.78 bits per heavy atom. The number of likely N-dealkylation sites (N-methyl/N-ethyl adjacent to an activating group) is 1. The molecule has 0 heterocycles. The molecule has 41 heavy (non-hydrogen) atoms. The Balaban J connectivity index is 1.54. The van der Waals surface area contributed by atoms with Crippen LogP contribution in [-0.2, 0) is 32.1 Å². The summed E-state index contributed by atoms with van der Waals surface area (Å²) < 4.78 is 5.06. The molecule has 0 bridgehead atoms. The number of carbonyl (C=O) groups excluding carboxylic acids is 3. The van der Waals surface area contributed by atoms with Crippen LogP contribution in [0.1, 0.15) is 23.1 Å². The number of primary amides is 1. The molecule has 2 aromatic rings. The minimum Gasteiger partial charge on any atom is -0.510 e. The number of fused-ring (bicyclic) bond motifs is 3. The first-order valence-electron chi connectivity index (χ1n) is 13.6. The molecule has 1 amide bonds. The first kappa shape index (κ1) is 28.5. The number of phenolic OH excluding ortho intramolecular Hbond substituents is 1. The summed E-state index contributed by atoms with van der Waals surface area (Å²) in [6, 6.07) is 10.5. The monoisotopic (exact) mass is 561 g/mol. The van der Waals surface area contributed by atoms with Crippen LogP contribution in [0.25, 0.3) is 16.9 Å². The molecule has 216 valence electrons. The first-order valence-corrected chi connectivity index (χ1v) is 13.6. The van der Waals surface area contributed by atoms with E-state index in [9.17, 15) is 29.7 Å². The average Bonchev–Trinajstić information content (AvgIpc) is 2.91. The topological polar surface area (TPSA) is 162 Å². The summed E-state index contributed by atoms with van der Waals surface area (Å²) in [6.45, 7) is 2.03. The number of carbonyl (C=O) groups is 3. The second-order valence-electron chi connectivity index (χ2n) is 11.2. The highest BCUT2D eigenvalue weighted by Gasteiger charge is 2.55. The number of hydrogen-bond donors (Lipinski definition) is 5. The van der Waals surface area contributed by atoms with Crippen LogP contribution in [0.4, 0.5) is 0 Å². The summed E-state index contributed by atoms with van der Waals surface area (Å²) in [5.41, 5.74) is 8.60. The third-order valence-electron chi connectivity index (χ3n) is 8.52. The van der Waals surface area contributed by atoms with E-state index in [1.807, 2.05) is 24.3 Å². The number of aromatic hydroxyl groups is 1. The van der Waals surface area contributed by atoms with Crippen molar-refractivity contribution in [1.29, 1.82) is 0 Å². The van der Waals surface area contributed by atoms with Crippen LogP contribution < -0.4 is 11.1 Å². The van der Waals surface area contributed by atoms with Gasteiger partial charge in [0.15, 0.2) is 11.6 Å². The molecule has 10 heteroatoms. The highest BCUT2D eigenvalue weighted by molar-refractivity contribution is 6.28. The number of nitrogens with two attached hydrogens (primary N) is 1. The highest BCUT2D eigenvalue weighted by atomic mass is 16.5. The number of hydrogen-bond acceptors (Lipinski definition) is 9. The van der Waals surface area contributed by atoms with E-state index in [-0.39, 0.29) is 22.6 Å². The van der Waals surface area contributed by atoms with Crippen LogP contribution in [-0.4, -0.2) is 78.1 Å². The van der Waals surface area contributed by atoms with Gasteiger partial charge >= 0.3 is 0 Å². The predicted octanol–water partition coefficient (Wildman–Crippen LogP) is 2.25. The Labute approximate surface area is 238 Å². The number of rotatable bonds is 8. The molecule has 3 unspecified atom stereocenters. The Kier molecular flexibility index (Phi) is 7.74. The second-order valence-corrected chi connectivity index (χ2v) is 11.2. The van der Waals surface area contributed by atoms with Crippen molar-refractivity contribution >= 4 is 23.2 Å². The largest absolute Gasteiger partial charge is 0.510 e. The van der Waals surface area contributed by atoms with Gasteiger partial charge in [-0.2, -0.15) is 0 Å². The Morgan fingerprint density at radius 3 is 2.41 bits per heavy atom. The van der Waals surface area contributed by atoms with Crippen molar-refractivity contribution in [2.45, 2.75) is 25.4 Å². The molecule has 10 nitrogen and oxygen atoms in total. The lowest BCUT2D eigenvalue weighted by molar-refractivity contribution is -0.136. The highest BCUT2D eigenvalue weighted by Crippen LogP contribution is 2.51. The molecule has 1 saturated carbocycles. The summed E-state index contributed by atoms with van der Waals surface area (Å²) in [6.07, 6.45) is 0.649. The summed E-state index contributed by atoms with van der Waals surface area (Å²) in [4.78, 5) is 41.0. The van der Waals surface area contributed by atoms with E-state index in [0.717, 1.165) is 23.2 Å². The number of aliphatic hydroxyl groups excluding tert-OH is 2. The SMILES string of the molecule is COCCNCc1ccc(-c2ccc(O)c3c2CC2CC4C(C(=O)C(C(N)=O)=C(O)[C@H]4N(C)C)C(=O)C2=C3O)cc1. The van der Waals surface area contributed by atoms with Gasteiger partial charge in [-0.25, -0.2) is 0 Å². The van der Waals surface area contributed by atoms with Crippen LogP contribution in [0.5, 0.6) is 5.75 Å². The van der Waals surface area contributed by atoms with E-state index in [2.05, 4.69) is 5.32 Å². The van der Waals surface area contributed by atoms with E-state index in [0.29, 0.717) is 31.6 Å². The molecular formula is C31H35N3O7. The molecule has 0 aromatic heterocycles. The third-order valence-corrected chi connectivity index (χ3v) is 8.52. The van der Waals surface area contributed by atoms with Gasteiger partial charge in [0.05, 0.1) is 24.1 Å². The van der Waals surface area contributed by atoms with E-state index >= 15 is 0 Å². The van der Waals surface area contributed by atoms with Gasteiger partial charge in [0.1, 0.15) is 22.8 Å². The molecule has 2 aromatic carbocycles. The zero-order valence-corrected chi connectivity index (χ0v) is 23.3. The standard InChI is InChI=1S/C31H35N3O7/c1-34(2)26-20-13-17-12-19-18(16-6-4-15(5-7-16)14-33-10-11-41-3)8-9-21(35)23(19)27(36)22(17)28(37)24(20)29(38)25(30(26)39)31(32)40/h4-9,17,20,24,26,33,35-36,39H,10-14H2,1-3H3,(H2,32,40)/t17?,20?,24?,26-/m0/s1. The lowest BCUT2D eigenvalue weighted by atomic mass is 9.59. The van der Waals surface area contributed by atoms with Crippen molar-refractivity contribution in [2.75, 3.05) is 34.4 Å². The van der Waals surface area contributed by atoms with Gasteiger partial charge in [-0.05, 0) is 67.1 Å². The molecule has 3 aliphatic carbocycles. The number of ether oxygens (including phenoxy) is 1. The number of Topliss-reactive ketones (excluding diaryl/α,β-unsaturated/α-hetero) is 2. The number of nitrogens with zero attached hydrogens (tertiary/aromatic N) is 1. The van der Waals surface area contributed by atoms with Crippen molar-refractivity contribution in [3.63, 3.8) is 0 Å². The van der Waals surface area contributed by atoms with Gasteiger partial charge in [0.2, 0.25) is 0 Å². The normalized spacial score (nSPS) is 23.9. The summed E-state index contributed by atoms with van der Waals surface area (Å²) in [5, 5.41) is 36.5. The number of methoxy groups -OCH3 is 1. The Hall–Kier alpha value is -3.99. The van der Waals surface area contributed by atoms with Crippen molar-refractivity contribution < 1.29 is 34.4 Å². The predicted molar refractivity (Wildman–Crippen MR) is 152 cm³/mol. The van der Waals surface area contributed by atoms with Crippen LogP contribution in [0, 0.1) is 17.8 Å². The summed E-state index contributed by atoms with van der Waals surface area (Å²) >= 11 is 0. The average molecular weight is 562 g/mol. The fourth-order valence-corrected chi connectivity index (χ4v) is 6.75. The summed E-state index contributed by atoms with van der Waals surface area (Å²) in [5.74, 6) is -5.84. The molecule has 0 spiro atoms. The van der Waals surface area contributed by atoms with E-state index in [1.165, 1.54) is 6.07 Å². The molecule has 0 aliphatic heterocycles. The van der Waals surface area contributed by atoms with Crippen LogP contribution in [0.3, 0.4) is 0 Å². The fraction of sp³-hybridized carbons (Fsp3) is 0.387. The van der Waals surface area contributed by atoms with Crippen LogP contribution in [0.2, 0.25) is 0 Å². The number of benzene rings is 2. The van der Waals surface area contributed by atoms with Gasteiger partial charge in [-0.15, -0.1) is 0 Å². The molecule has 5 rings (SSSR count). The number of amides is 1. The smallest absolute Gasteiger partial charge is 0.255 e. The Morgan fingerprint density at radius 1 is 1.07 bits per heavy atom. The number of phenols is 1. The van der Waals surface area contributed by atoms with Crippen LogP contribution >= 0.6 is 0 Å². The quantitative estimate of drug-likeness (QED) is 0.185. The number of aliphatic hydroxyl groups is 2. The lowest BCUT2D eigenvalue weighted by Gasteiger charge is -2.46. The molecule has 4 atom stereocenters. The van der Waals surface area contributed by atoms with Gasteiger partial charge < -0.3 is 31.1 Å². The third kappa shape index (κ3) is 4.81. The van der Waals surface area contributed by atoms with Crippen molar-refractivity contribution in [1.82, 2.24) is 10.2 Å². The van der Waals surface area contributed by atoms with Gasteiger partial charge in [-0.1, -0.05) is 30.3 Å². The molecule has 3 aliphatic rings. The van der Waals surface area contributed by atoms with Crippen molar-refractivity contribution in [3.05, 3.63) is 70.0 Å². The number of nitrogens with one attached hydrogen (secondary N) is 1. The second kappa shape index (κ2) is 11.1. The van der Waals surface area contributed by atoms with E-state index < -0.39 is 52.6 Å². The zero-order valence-electron chi connectivity index (χ0n) is 23.3. The van der Waals surface area contributed by atoms with Crippen LogP contribution in [0.15, 0.2) is 53.3 Å². The minimum absolute atomic E-state index is 0.0692. The minimum atomic E-state index is -1.27. The van der Waals surface area contributed by atoms with E-state index in [1.54, 1.807) is 32.2 Å². The van der Waals surface area contributed by atoms with Crippen molar-refractivity contribution in [2.24, 2.45) is 23.5 Å². The Bertz CT molecular complexity index is 1480. The van der Waals surface area contributed by atoms with Gasteiger partial charge in [0, 0.05) is 25.8 Å². The number of ketones is 2. The van der Waals surface area contributed by atoms with Gasteiger partial charge in [-0.3, -0.25) is 19.3 Å². The van der Waals surface area contributed by atoms with Crippen molar-refractivity contribution in [3.8, 4) is 16.9 Å². The zero-order chi connectivity index (χ0) is 29.6. The molecule has 0 saturated heterocycles. The van der Waals surface area contributed by atoms with Gasteiger partial charge in [0.25, 0.3) is 5.91 Å². The maximum atomic E-state index is 13.9. The lowest BCUT2D eigenvalue weighted by Crippen LogP contribution is -2.55.